The van der Waals surface area contributed by atoms with E-state index < -0.39 is 0 Å². The summed E-state index contributed by atoms with van der Waals surface area (Å²) in [5, 5.41) is 0. The normalized spacial score (nSPS) is 10.4. The fourth-order valence-corrected chi connectivity index (χ4v) is 2.39. The van der Waals surface area contributed by atoms with E-state index in [1.807, 2.05) is 27.7 Å². The summed E-state index contributed by atoms with van der Waals surface area (Å²) in [5.74, 6) is 0. The van der Waals surface area contributed by atoms with Crippen LogP contribution in [-0.4, -0.2) is 0 Å². The van der Waals surface area contributed by atoms with Crippen molar-refractivity contribution < 1.29 is 0 Å². The highest BCUT2D eigenvalue weighted by molar-refractivity contribution is 5.77. The molecule has 1 aliphatic rings. The number of aryl methyl sites for hydroxylation is 1. The first-order valence-corrected chi connectivity index (χ1v) is 7.58. The lowest BCUT2D eigenvalue weighted by Crippen LogP contribution is -1.83. The van der Waals surface area contributed by atoms with E-state index in [4.69, 9.17) is 0 Å². The Hall–Kier alpha value is -1.56. The lowest BCUT2D eigenvalue weighted by molar-refractivity contribution is 1.13. The monoisotopic (exact) mass is 254 g/mol. The van der Waals surface area contributed by atoms with Crippen LogP contribution in [0.5, 0.6) is 0 Å². The van der Waals surface area contributed by atoms with Crippen LogP contribution in [0, 0.1) is 0 Å². The average molecular weight is 254 g/mol. The molecule has 3 rings (SSSR count). The van der Waals surface area contributed by atoms with Crippen LogP contribution in [0.3, 0.4) is 0 Å². The van der Waals surface area contributed by atoms with E-state index in [-0.39, 0.29) is 0 Å². The van der Waals surface area contributed by atoms with Crippen molar-refractivity contribution in [3.8, 4) is 11.1 Å². The molecule has 0 saturated heterocycles. The fraction of sp³-hybridized carbons (Fsp3) is 0.368. The first kappa shape index (κ1) is 15.5. The Morgan fingerprint density at radius 3 is 2.11 bits per heavy atom. The van der Waals surface area contributed by atoms with Crippen molar-refractivity contribution in [1.29, 1.82) is 0 Å². The third kappa shape index (κ3) is 3.26. The van der Waals surface area contributed by atoms with Crippen LogP contribution in [0.25, 0.3) is 11.1 Å². The molecule has 0 amide bonds. The summed E-state index contributed by atoms with van der Waals surface area (Å²) in [7, 11) is 0. The molecule has 0 nitrogen and oxygen atoms in total. The average Bonchev–Trinajstić information content (AvgIpc) is 2.89. The van der Waals surface area contributed by atoms with Gasteiger partial charge >= 0.3 is 0 Å². The second kappa shape index (κ2) is 7.78. The van der Waals surface area contributed by atoms with E-state index >= 15 is 0 Å². The maximum absolute atomic E-state index is 2.35. The molecule has 0 heterocycles. The number of rotatable bonds is 1. The molecule has 19 heavy (non-hydrogen) atoms. The van der Waals surface area contributed by atoms with Crippen molar-refractivity contribution in [2.75, 3.05) is 0 Å². The van der Waals surface area contributed by atoms with Crippen molar-refractivity contribution in [3.63, 3.8) is 0 Å². The molecule has 1 aliphatic carbocycles. The lowest BCUT2D eigenvalue weighted by Gasteiger charge is -2.03. The van der Waals surface area contributed by atoms with Crippen LogP contribution in [-0.2, 0) is 12.8 Å². The predicted octanol–water partition coefficient (Wildman–Crippen LogP) is 5.87. The molecule has 0 saturated carbocycles. The number of fused-ring (bicyclic) bond motifs is 3. The van der Waals surface area contributed by atoms with Crippen molar-refractivity contribution in [1.82, 2.24) is 0 Å². The van der Waals surface area contributed by atoms with E-state index in [9.17, 15) is 0 Å². The quantitative estimate of drug-likeness (QED) is 0.509. The molecule has 0 aliphatic heterocycles. The Kier molecular flexibility index (Phi) is 6.35. The molecule has 0 heteroatoms. The Bertz CT molecular complexity index is 509. The highest BCUT2D eigenvalue weighted by atomic mass is 14.2. The highest BCUT2D eigenvalue weighted by Crippen LogP contribution is 2.36. The van der Waals surface area contributed by atoms with E-state index in [2.05, 4.69) is 49.4 Å². The summed E-state index contributed by atoms with van der Waals surface area (Å²) in [4.78, 5) is 0. The van der Waals surface area contributed by atoms with Crippen molar-refractivity contribution >= 4 is 0 Å². The summed E-state index contributed by atoms with van der Waals surface area (Å²) in [6, 6.07) is 15.6. The van der Waals surface area contributed by atoms with Gasteiger partial charge in [-0.25, -0.2) is 0 Å². The Morgan fingerprint density at radius 2 is 1.42 bits per heavy atom. The van der Waals surface area contributed by atoms with Gasteiger partial charge in [0.15, 0.2) is 0 Å². The molecule has 0 fully saturated rings. The molecule has 0 bridgehead atoms. The minimum Gasteiger partial charge on any atom is -0.0683 e. The van der Waals surface area contributed by atoms with Crippen LogP contribution in [0.2, 0.25) is 0 Å². The summed E-state index contributed by atoms with van der Waals surface area (Å²) in [6.07, 6.45) is 2.23. The smallest absolute Gasteiger partial charge is 0.00135 e. The summed E-state index contributed by atoms with van der Waals surface area (Å²) in [6.45, 7) is 10.2. The second-order valence-corrected chi connectivity index (χ2v) is 4.18. The Labute approximate surface area is 118 Å². The zero-order chi connectivity index (χ0) is 14.3. The van der Waals surface area contributed by atoms with Gasteiger partial charge in [0.2, 0.25) is 0 Å². The van der Waals surface area contributed by atoms with Crippen LogP contribution in [0.15, 0.2) is 42.5 Å². The van der Waals surface area contributed by atoms with Crippen LogP contribution in [0.1, 0.15) is 51.3 Å². The van der Waals surface area contributed by atoms with E-state index in [0.717, 1.165) is 12.8 Å². The molecule has 0 aromatic heterocycles. The van der Waals surface area contributed by atoms with Crippen molar-refractivity contribution in [2.45, 2.75) is 47.5 Å². The lowest BCUT2D eigenvalue weighted by atomic mass is 10.0. The van der Waals surface area contributed by atoms with E-state index in [0.29, 0.717) is 0 Å². The SMILES string of the molecule is CC.CC.CCc1ccc2c(c1)-c1ccccc1C2. The Balaban J connectivity index is 0.000000415. The molecular formula is C19H26. The second-order valence-electron chi connectivity index (χ2n) is 4.18. The van der Waals surface area contributed by atoms with Crippen LogP contribution < -0.4 is 0 Å². The van der Waals surface area contributed by atoms with Crippen LogP contribution >= 0.6 is 0 Å². The first-order chi connectivity index (χ1) is 9.38. The molecule has 0 radical (unpaired) electrons. The molecule has 0 unspecified atom stereocenters. The Morgan fingerprint density at radius 1 is 0.789 bits per heavy atom. The molecule has 2 aromatic rings. The summed E-state index contributed by atoms with van der Waals surface area (Å²) in [5.41, 5.74) is 7.27. The predicted molar refractivity (Wildman–Crippen MR) is 86.8 cm³/mol. The van der Waals surface area contributed by atoms with Gasteiger partial charge in [0.1, 0.15) is 0 Å². The maximum Gasteiger partial charge on any atom is -0.00135 e. The third-order valence-electron chi connectivity index (χ3n) is 3.27. The first-order valence-electron chi connectivity index (χ1n) is 7.58. The zero-order valence-electron chi connectivity index (χ0n) is 13.0. The minimum absolute atomic E-state index is 1.11. The van der Waals surface area contributed by atoms with E-state index in [1.54, 1.807) is 0 Å². The summed E-state index contributed by atoms with van der Waals surface area (Å²) >= 11 is 0. The fourth-order valence-electron chi connectivity index (χ4n) is 2.39. The van der Waals surface area contributed by atoms with Gasteiger partial charge in [-0.05, 0) is 40.7 Å². The maximum atomic E-state index is 2.35. The number of hydrogen-bond acceptors (Lipinski definition) is 0. The summed E-state index contributed by atoms with van der Waals surface area (Å²) < 4.78 is 0. The van der Waals surface area contributed by atoms with E-state index in [1.165, 1.54) is 27.8 Å². The molecule has 0 atom stereocenters. The van der Waals surface area contributed by atoms with Gasteiger partial charge in [0.05, 0.1) is 0 Å². The third-order valence-corrected chi connectivity index (χ3v) is 3.27. The molecule has 102 valence electrons. The van der Waals surface area contributed by atoms with Gasteiger partial charge in [0, 0.05) is 0 Å². The standard InChI is InChI=1S/C15H14.2C2H6/c1-2-11-7-8-13-10-12-5-3-4-6-14(12)15(13)9-11;2*1-2/h3-9H,2,10H2,1H3;2*1-2H3. The van der Waals surface area contributed by atoms with Crippen LogP contribution in [0.4, 0.5) is 0 Å². The topological polar surface area (TPSA) is 0 Å². The highest BCUT2D eigenvalue weighted by Gasteiger charge is 2.17. The zero-order valence-corrected chi connectivity index (χ0v) is 13.0. The van der Waals surface area contributed by atoms with Crippen molar-refractivity contribution in [2.24, 2.45) is 0 Å². The van der Waals surface area contributed by atoms with Gasteiger partial charge < -0.3 is 0 Å². The van der Waals surface area contributed by atoms with Gasteiger partial charge in [-0.15, -0.1) is 0 Å². The van der Waals surface area contributed by atoms with Gasteiger partial charge in [-0.3, -0.25) is 0 Å². The van der Waals surface area contributed by atoms with Gasteiger partial charge in [-0.1, -0.05) is 77.1 Å². The number of benzene rings is 2. The van der Waals surface area contributed by atoms with Gasteiger partial charge in [-0.2, -0.15) is 0 Å². The molecule has 0 spiro atoms. The minimum atomic E-state index is 1.11. The number of hydrogen-bond donors (Lipinski definition) is 0. The van der Waals surface area contributed by atoms with Crippen molar-refractivity contribution in [3.05, 3.63) is 59.2 Å². The molecule has 2 aromatic carbocycles. The molecule has 0 N–H and O–H groups in total. The van der Waals surface area contributed by atoms with Gasteiger partial charge in [0.25, 0.3) is 0 Å². The molecular weight excluding hydrogens is 228 g/mol. The largest absolute Gasteiger partial charge is 0.0683 e.